The van der Waals surface area contributed by atoms with Gasteiger partial charge in [0.2, 0.25) is 5.91 Å². The van der Waals surface area contributed by atoms with Crippen LogP contribution in [0.4, 0.5) is 5.82 Å². The molecule has 0 aliphatic carbocycles. The Morgan fingerprint density at radius 2 is 2.07 bits per heavy atom. The molecule has 8 nitrogen and oxygen atoms in total. The Morgan fingerprint density at radius 3 is 2.69 bits per heavy atom. The molecule has 0 spiro atoms. The van der Waals surface area contributed by atoms with Crippen molar-refractivity contribution in [3.05, 3.63) is 35.7 Å². The van der Waals surface area contributed by atoms with Crippen molar-refractivity contribution in [3.8, 4) is 11.5 Å². The van der Waals surface area contributed by atoms with E-state index in [2.05, 4.69) is 29.1 Å². The van der Waals surface area contributed by atoms with Crippen LogP contribution < -0.4 is 5.32 Å². The fourth-order valence-electron chi connectivity index (χ4n) is 3.42. The molecule has 0 aromatic carbocycles. The third-order valence-electron chi connectivity index (χ3n) is 4.91. The summed E-state index contributed by atoms with van der Waals surface area (Å²) in [6.45, 7) is 6.67. The average Bonchev–Trinajstić information content (AvgIpc) is 2.72. The van der Waals surface area contributed by atoms with E-state index in [1.165, 1.54) is 7.11 Å². The highest BCUT2D eigenvalue weighted by atomic mass is 16.5. The Morgan fingerprint density at radius 1 is 1.28 bits per heavy atom. The van der Waals surface area contributed by atoms with Crippen molar-refractivity contribution in [2.24, 2.45) is 5.92 Å². The van der Waals surface area contributed by atoms with E-state index in [0.29, 0.717) is 49.2 Å². The maximum Gasteiger partial charge on any atom is 0.328 e. The minimum Gasteiger partial charge on any atom is -0.467 e. The molecule has 0 bridgehead atoms. The molecule has 2 aromatic rings. The van der Waals surface area contributed by atoms with Crippen LogP contribution in [0.15, 0.2) is 24.4 Å². The second-order valence-electron chi connectivity index (χ2n) is 7.58. The number of carbonyl (C=O) groups is 2. The van der Waals surface area contributed by atoms with Crippen LogP contribution in [0.5, 0.6) is 0 Å². The predicted molar refractivity (Wildman–Crippen MR) is 109 cm³/mol. The quantitative estimate of drug-likeness (QED) is 0.748. The van der Waals surface area contributed by atoms with Gasteiger partial charge in [0.05, 0.1) is 19.3 Å². The summed E-state index contributed by atoms with van der Waals surface area (Å²) in [6, 6.07) is 5.02. The lowest BCUT2D eigenvalue weighted by atomic mass is 10.0. The summed E-state index contributed by atoms with van der Waals surface area (Å²) in [4.78, 5) is 39.7. The van der Waals surface area contributed by atoms with E-state index in [9.17, 15) is 9.59 Å². The molecular weight excluding hydrogens is 370 g/mol. The minimum absolute atomic E-state index is 0.00963. The Hall–Kier alpha value is -3.03. The van der Waals surface area contributed by atoms with Gasteiger partial charge >= 0.3 is 5.97 Å². The molecule has 1 amide bonds. The van der Waals surface area contributed by atoms with E-state index < -0.39 is 6.04 Å². The molecule has 1 aliphatic heterocycles. The predicted octanol–water partition coefficient (Wildman–Crippen LogP) is 2.44. The summed E-state index contributed by atoms with van der Waals surface area (Å²) < 4.78 is 4.98. The number of methoxy groups -OCH3 is 1. The fourth-order valence-corrected chi connectivity index (χ4v) is 3.42. The molecule has 0 radical (unpaired) electrons. The van der Waals surface area contributed by atoms with Gasteiger partial charge in [-0.05, 0) is 30.9 Å². The van der Waals surface area contributed by atoms with Gasteiger partial charge in [0.1, 0.15) is 17.6 Å². The summed E-state index contributed by atoms with van der Waals surface area (Å²) in [5, 5.41) is 3.29. The highest BCUT2D eigenvalue weighted by molar-refractivity contribution is 5.79. The number of hydrogen-bond donors (Lipinski definition) is 1. The zero-order valence-electron chi connectivity index (χ0n) is 17.3. The highest BCUT2D eigenvalue weighted by Gasteiger charge is 2.27. The van der Waals surface area contributed by atoms with Gasteiger partial charge in [0, 0.05) is 25.2 Å². The van der Waals surface area contributed by atoms with Gasteiger partial charge < -0.3 is 15.0 Å². The van der Waals surface area contributed by atoms with Gasteiger partial charge in [0.15, 0.2) is 5.82 Å². The Kier molecular flexibility index (Phi) is 6.41. The number of hydrogen-bond acceptors (Lipinski definition) is 7. The highest BCUT2D eigenvalue weighted by Crippen LogP contribution is 2.28. The molecule has 1 atom stereocenters. The average molecular weight is 397 g/mol. The van der Waals surface area contributed by atoms with Crippen molar-refractivity contribution in [2.75, 3.05) is 19.0 Å². The maximum atomic E-state index is 12.3. The van der Waals surface area contributed by atoms with E-state index in [0.717, 1.165) is 11.3 Å². The molecule has 3 heterocycles. The van der Waals surface area contributed by atoms with Crippen LogP contribution in [0, 0.1) is 5.92 Å². The van der Waals surface area contributed by atoms with E-state index in [1.807, 2.05) is 18.2 Å². The molecule has 0 saturated carbocycles. The number of amides is 1. The third kappa shape index (κ3) is 4.88. The normalized spacial score (nSPS) is 14.3. The topological polar surface area (TPSA) is 97.3 Å². The number of ether oxygens (including phenoxy) is 1. The first kappa shape index (κ1) is 20.7. The number of fused-ring (bicyclic) bond motifs is 1. The van der Waals surface area contributed by atoms with E-state index in [1.54, 1.807) is 18.0 Å². The van der Waals surface area contributed by atoms with Crippen LogP contribution in [-0.2, 0) is 27.3 Å². The summed E-state index contributed by atoms with van der Waals surface area (Å²) >= 11 is 0. The molecule has 29 heavy (non-hydrogen) atoms. The lowest BCUT2D eigenvalue weighted by molar-refractivity contribution is -0.141. The van der Waals surface area contributed by atoms with Crippen LogP contribution in [0.1, 0.15) is 38.4 Å². The van der Waals surface area contributed by atoms with Gasteiger partial charge in [-0.3, -0.25) is 9.78 Å². The third-order valence-corrected chi connectivity index (χ3v) is 4.91. The zero-order valence-corrected chi connectivity index (χ0v) is 17.3. The van der Waals surface area contributed by atoms with Crippen molar-refractivity contribution in [3.63, 3.8) is 0 Å². The smallest absolute Gasteiger partial charge is 0.328 e. The lowest BCUT2D eigenvalue weighted by Crippen LogP contribution is -2.37. The largest absolute Gasteiger partial charge is 0.467 e. The van der Waals surface area contributed by atoms with Gasteiger partial charge in [0.25, 0.3) is 0 Å². The summed E-state index contributed by atoms with van der Waals surface area (Å²) in [5.74, 6) is 1.05. The summed E-state index contributed by atoms with van der Waals surface area (Å²) in [6.07, 6.45) is 2.92. The minimum atomic E-state index is -0.513. The fraction of sp³-hybridized carbons (Fsp3) is 0.476. The molecule has 2 aromatic heterocycles. The van der Waals surface area contributed by atoms with Crippen molar-refractivity contribution in [1.82, 2.24) is 19.9 Å². The van der Waals surface area contributed by atoms with Gasteiger partial charge in [-0.25, -0.2) is 14.8 Å². The number of nitrogens with one attached hydrogen (secondary N) is 1. The van der Waals surface area contributed by atoms with Crippen molar-refractivity contribution in [2.45, 2.75) is 46.2 Å². The molecule has 8 heteroatoms. The zero-order chi connectivity index (χ0) is 21.0. The lowest BCUT2D eigenvalue weighted by Gasteiger charge is -2.29. The molecular formula is C21H27N5O3. The molecule has 0 fully saturated rings. The number of nitrogens with zero attached hydrogens (tertiary/aromatic N) is 4. The first-order valence-corrected chi connectivity index (χ1v) is 9.80. The van der Waals surface area contributed by atoms with Gasteiger partial charge in [-0.1, -0.05) is 19.9 Å². The number of anilines is 1. The number of esters is 1. The number of rotatable bonds is 6. The molecule has 1 aliphatic rings. The van der Waals surface area contributed by atoms with Crippen LogP contribution in [0.25, 0.3) is 11.5 Å². The van der Waals surface area contributed by atoms with Gasteiger partial charge in [-0.2, -0.15) is 0 Å². The Bertz CT molecular complexity index is 885. The number of pyridine rings is 1. The number of carbonyl (C=O) groups excluding carboxylic acids is 2. The molecule has 0 unspecified atom stereocenters. The van der Waals surface area contributed by atoms with E-state index in [4.69, 9.17) is 9.72 Å². The molecule has 0 saturated heterocycles. The second-order valence-corrected chi connectivity index (χ2v) is 7.58. The summed E-state index contributed by atoms with van der Waals surface area (Å²) in [5.41, 5.74) is 2.34. The molecule has 3 rings (SSSR count). The second kappa shape index (κ2) is 8.98. The van der Waals surface area contributed by atoms with E-state index >= 15 is 0 Å². The first-order valence-electron chi connectivity index (χ1n) is 9.80. The number of aromatic nitrogens is 3. The molecule has 1 N–H and O–H groups in total. The van der Waals surface area contributed by atoms with Crippen LogP contribution >= 0.6 is 0 Å². The van der Waals surface area contributed by atoms with Crippen molar-refractivity contribution in [1.29, 1.82) is 0 Å². The SMILES string of the molecule is COC(=O)[C@H](CC(C)C)Nc1nc(-c2ccccn2)nc2c1CCN(C(C)=O)C2. The Balaban J connectivity index is 2.03. The standard InChI is InChI=1S/C21H27N5O3/c1-13(2)11-17(21(28)29-4)23-19-15-8-10-26(14(3)27)12-18(15)24-20(25-19)16-7-5-6-9-22-16/h5-7,9,13,17H,8,10-12H2,1-4H3,(H,23,24,25)/t17-/m0/s1. The van der Waals surface area contributed by atoms with E-state index in [-0.39, 0.29) is 11.9 Å². The monoisotopic (exact) mass is 397 g/mol. The van der Waals surface area contributed by atoms with Crippen LogP contribution in [-0.4, -0.2) is 51.4 Å². The summed E-state index contributed by atoms with van der Waals surface area (Å²) in [7, 11) is 1.39. The molecule has 154 valence electrons. The van der Waals surface area contributed by atoms with Crippen LogP contribution in [0.3, 0.4) is 0 Å². The first-order chi connectivity index (χ1) is 13.9. The van der Waals surface area contributed by atoms with Crippen molar-refractivity contribution >= 4 is 17.7 Å². The maximum absolute atomic E-state index is 12.3. The van der Waals surface area contributed by atoms with Crippen LogP contribution in [0.2, 0.25) is 0 Å². The Labute approximate surface area is 170 Å². The van der Waals surface area contributed by atoms with Gasteiger partial charge in [-0.15, -0.1) is 0 Å². The van der Waals surface area contributed by atoms with Crippen molar-refractivity contribution < 1.29 is 14.3 Å².